The van der Waals surface area contributed by atoms with E-state index in [2.05, 4.69) is 5.32 Å². The number of ether oxygens (including phenoxy) is 4. The van der Waals surface area contributed by atoms with Crippen LogP contribution in [0.5, 0.6) is 11.5 Å². The molecule has 0 spiro atoms. The van der Waals surface area contributed by atoms with E-state index in [0.717, 1.165) is 17.1 Å². The van der Waals surface area contributed by atoms with E-state index in [1.54, 1.807) is 0 Å². The zero-order valence-corrected chi connectivity index (χ0v) is 11.3. The van der Waals surface area contributed by atoms with Crippen molar-refractivity contribution in [3.05, 3.63) is 23.8 Å². The molecule has 19 heavy (non-hydrogen) atoms. The summed E-state index contributed by atoms with van der Waals surface area (Å²) < 4.78 is 22.1. The van der Waals surface area contributed by atoms with Crippen LogP contribution < -0.4 is 14.8 Å². The number of benzene rings is 1. The topological polar surface area (TPSA) is 49.0 Å². The fourth-order valence-electron chi connectivity index (χ4n) is 2.19. The molecule has 0 aliphatic carbocycles. The predicted molar refractivity (Wildman–Crippen MR) is 69.2 cm³/mol. The molecule has 104 valence electrons. The van der Waals surface area contributed by atoms with Crippen LogP contribution in [0, 0.1) is 0 Å². The van der Waals surface area contributed by atoms with Crippen molar-refractivity contribution in [2.24, 2.45) is 0 Å². The molecule has 1 aromatic rings. The minimum Gasteiger partial charge on any atom is -0.454 e. The minimum atomic E-state index is -0.469. The number of rotatable bonds is 3. The van der Waals surface area contributed by atoms with Crippen LogP contribution in [0.2, 0.25) is 0 Å². The smallest absolute Gasteiger partial charge is 0.231 e. The third-order valence-electron chi connectivity index (χ3n) is 3.32. The lowest BCUT2D eigenvalue weighted by atomic mass is 10.1. The van der Waals surface area contributed by atoms with E-state index in [1.165, 1.54) is 0 Å². The van der Waals surface area contributed by atoms with Crippen LogP contribution in [0.15, 0.2) is 18.2 Å². The van der Waals surface area contributed by atoms with E-state index in [9.17, 15) is 0 Å². The van der Waals surface area contributed by atoms with Crippen LogP contribution in [0.3, 0.4) is 0 Å². The van der Waals surface area contributed by atoms with Gasteiger partial charge in [0.05, 0.1) is 19.3 Å². The molecule has 5 nitrogen and oxygen atoms in total. The second kappa shape index (κ2) is 5.00. The van der Waals surface area contributed by atoms with Gasteiger partial charge in [-0.05, 0) is 19.9 Å². The van der Waals surface area contributed by atoms with Crippen molar-refractivity contribution in [3.63, 3.8) is 0 Å². The van der Waals surface area contributed by atoms with Crippen LogP contribution in [0.4, 0.5) is 0 Å². The van der Waals surface area contributed by atoms with E-state index >= 15 is 0 Å². The molecular weight excluding hydrogens is 246 g/mol. The first kappa shape index (κ1) is 12.7. The molecule has 0 atom stereocenters. The maximum absolute atomic E-state index is 5.62. The summed E-state index contributed by atoms with van der Waals surface area (Å²) in [7, 11) is 0. The Morgan fingerprint density at radius 1 is 1.21 bits per heavy atom. The number of fused-ring (bicyclic) bond motifs is 1. The summed E-state index contributed by atoms with van der Waals surface area (Å²) >= 11 is 0. The highest BCUT2D eigenvalue weighted by molar-refractivity contribution is 5.48. The highest BCUT2D eigenvalue weighted by Gasteiger charge is 2.28. The van der Waals surface area contributed by atoms with E-state index in [4.69, 9.17) is 18.9 Å². The molecular formula is C14H19NO4. The summed E-state index contributed by atoms with van der Waals surface area (Å²) in [5.74, 6) is 1.19. The van der Waals surface area contributed by atoms with Gasteiger partial charge in [0, 0.05) is 12.1 Å². The maximum atomic E-state index is 5.62. The SMILES string of the molecule is CC1(C)OCC(NCc2cccc3c2OCO3)CO1. The molecule has 1 saturated heterocycles. The van der Waals surface area contributed by atoms with Crippen molar-refractivity contribution >= 4 is 0 Å². The van der Waals surface area contributed by atoms with Crippen LogP contribution >= 0.6 is 0 Å². The number of nitrogens with one attached hydrogen (secondary N) is 1. The highest BCUT2D eigenvalue weighted by atomic mass is 16.7. The standard InChI is InChI=1S/C14H19NO4/c1-14(2)18-7-11(8-19-14)15-6-10-4-3-5-12-13(10)17-9-16-12/h3-5,11,15H,6-9H2,1-2H3. The predicted octanol–water partition coefficient (Wildman–Crippen LogP) is 1.66. The first-order valence-electron chi connectivity index (χ1n) is 6.53. The average molecular weight is 265 g/mol. The monoisotopic (exact) mass is 265 g/mol. The third-order valence-corrected chi connectivity index (χ3v) is 3.32. The van der Waals surface area contributed by atoms with E-state index in [-0.39, 0.29) is 6.04 Å². The van der Waals surface area contributed by atoms with Gasteiger partial charge < -0.3 is 24.3 Å². The van der Waals surface area contributed by atoms with Crippen LogP contribution in [-0.2, 0) is 16.0 Å². The zero-order valence-electron chi connectivity index (χ0n) is 11.3. The Balaban J connectivity index is 1.57. The van der Waals surface area contributed by atoms with Crippen molar-refractivity contribution in [1.29, 1.82) is 0 Å². The lowest BCUT2D eigenvalue weighted by Crippen LogP contribution is -2.48. The minimum absolute atomic E-state index is 0.200. The Morgan fingerprint density at radius 2 is 2.00 bits per heavy atom. The normalized spacial score (nSPS) is 21.6. The van der Waals surface area contributed by atoms with Gasteiger partial charge in [-0.15, -0.1) is 0 Å². The molecule has 0 aromatic heterocycles. The number of hydrogen-bond donors (Lipinski definition) is 1. The summed E-state index contributed by atoms with van der Waals surface area (Å²) in [4.78, 5) is 0. The Labute approximate surface area is 112 Å². The van der Waals surface area contributed by atoms with Gasteiger partial charge in [0.15, 0.2) is 17.3 Å². The first-order valence-corrected chi connectivity index (χ1v) is 6.53. The molecule has 0 unspecified atom stereocenters. The fraction of sp³-hybridized carbons (Fsp3) is 0.571. The molecule has 1 fully saturated rings. The highest BCUT2D eigenvalue weighted by Crippen LogP contribution is 2.35. The maximum Gasteiger partial charge on any atom is 0.231 e. The van der Waals surface area contributed by atoms with Gasteiger partial charge in [-0.1, -0.05) is 12.1 Å². The van der Waals surface area contributed by atoms with Gasteiger partial charge in [-0.2, -0.15) is 0 Å². The molecule has 2 aliphatic rings. The summed E-state index contributed by atoms with van der Waals surface area (Å²) in [5, 5.41) is 3.42. The van der Waals surface area contributed by atoms with Crippen molar-refractivity contribution in [2.45, 2.75) is 32.2 Å². The van der Waals surface area contributed by atoms with Crippen LogP contribution in [0.25, 0.3) is 0 Å². The van der Waals surface area contributed by atoms with Crippen molar-refractivity contribution in [3.8, 4) is 11.5 Å². The van der Waals surface area contributed by atoms with Gasteiger partial charge in [0.1, 0.15) is 0 Å². The molecule has 0 radical (unpaired) electrons. The molecule has 2 aliphatic heterocycles. The molecule has 0 saturated carbocycles. The summed E-state index contributed by atoms with van der Waals surface area (Å²) in [6.07, 6.45) is 0. The van der Waals surface area contributed by atoms with Gasteiger partial charge in [0.2, 0.25) is 6.79 Å². The van der Waals surface area contributed by atoms with Gasteiger partial charge in [-0.25, -0.2) is 0 Å². The summed E-state index contributed by atoms with van der Waals surface area (Å²) in [6.45, 7) is 6.18. The lowest BCUT2D eigenvalue weighted by molar-refractivity contribution is -0.253. The number of hydrogen-bond acceptors (Lipinski definition) is 5. The molecule has 1 aromatic carbocycles. The Bertz CT molecular complexity index is 451. The Morgan fingerprint density at radius 3 is 2.79 bits per heavy atom. The molecule has 5 heteroatoms. The molecule has 2 heterocycles. The quantitative estimate of drug-likeness (QED) is 0.900. The van der Waals surface area contributed by atoms with Gasteiger partial charge in [0.25, 0.3) is 0 Å². The molecule has 0 bridgehead atoms. The van der Waals surface area contributed by atoms with Crippen molar-refractivity contribution in [2.75, 3.05) is 20.0 Å². The Hall–Kier alpha value is -1.30. The number of para-hydroxylation sites is 1. The molecule has 3 rings (SSSR count). The first-order chi connectivity index (χ1) is 9.14. The largest absolute Gasteiger partial charge is 0.454 e. The summed E-state index contributed by atoms with van der Waals surface area (Å²) in [5.41, 5.74) is 1.10. The van der Waals surface area contributed by atoms with E-state index in [1.807, 2.05) is 32.0 Å². The Kier molecular flexibility index (Phi) is 3.35. The van der Waals surface area contributed by atoms with Crippen molar-refractivity contribution in [1.82, 2.24) is 5.32 Å². The fourth-order valence-corrected chi connectivity index (χ4v) is 2.19. The third kappa shape index (κ3) is 2.83. The van der Waals surface area contributed by atoms with Crippen LogP contribution in [0.1, 0.15) is 19.4 Å². The lowest BCUT2D eigenvalue weighted by Gasteiger charge is -2.35. The molecule has 0 amide bonds. The van der Waals surface area contributed by atoms with E-state index < -0.39 is 5.79 Å². The van der Waals surface area contributed by atoms with Gasteiger partial charge >= 0.3 is 0 Å². The molecule has 1 N–H and O–H groups in total. The average Bonchev–Trinajstić information content (AvgIpc) is 2.86. The zero-order chi connectivity index (χ0) is 13.3. The van der Waals surface area contributed by atoms with Crippen LogP contribution in [-0.4, -0.2) is 31.8 Å². The summed E-state index contributed by atoms with van der Waals surface area (Å²) in [6, 6.07) is 6.13. The van der Waals surface area contributed by atoms with Crippen molar-refractivity contribution < 1.29 is 18.9 Å². The second-order valence-corrected chi connectivity index (χ2v) is 5.25. The second-order valence-electron chi connectivity index (χ2n) is 5.25. The van der Waals surface area contributed by atoms with Gasteiger partial charge in [-0.3, -0.25) is 0 Å². The van der Waals surface area contributed by atoms with E-state index in [0.29, 0.717) is 26.6 Å².